The molecule has 0 aromatic heterocycles. The van der Waals surface area contributed by atoms with Crippen molar-refractivity contribution in [3.8, 4) is 5.75 Å². The molecule has 0 saturated carbocycles. The Labute approximate surface area is 96.9 Å². The summed E-state index contributed by atoms with van der Waals surface area (Å²) >= 11 is 0. The molecule has 0 radical (unpaired) electrons. The van der Waals surface area contributed by atoms with E-state index in [0.29, 0.717) is 0 Å². The number of aliphatic carboxylic acids is 1. The Bertz CT molecular complexity index is 499. The fraction of sp³-hybridized carbons (Fsp3) is 0. The first-order valence-corrected chi connectivity index (χ1v) is 4.63. The summed E-state index contributed by atoms with van der Waals surface area (Å²) in [5, 5.41) is 28.4. The molecule has 0 atom stereocenters. The fourth-order valence-corrected chi connectivity index (χ4v) is 1.06. The summed E-state index contributed by atoms with van der Waals surface area (Å²) in [5.41, 5.74) is -0.00744. The van der Waals surface area contributed by atoms with Gasteiger partial charge in [0.1, 0.15) is 0 Å². The predicted molar refractivity (Wildman–Crippen MR) is 57.7 cm³/mol. The molecule has 0 saturated heterocycles. The van der Waals surface area contributed by atoms with E-state index in [1.54, 1.807) is 6.07 Å². The van der Waals surface area contributed by atoms with E-state index in [1.165, 1.54) is 18.2 Å². The highest BCUT2D eigenvalue weighted by atomic mass is 16.4. The molecular formula is C12H9O5-. The van der Waals surface area contributed by atoms with Crippen molar-refractivity contribution in [3.05, 3.63) is 53.8 Å². The Hall–Kier alpha value is -2.56. The molecule has 1 rings (SSSR count). The highest BCUT2D eigenvalue weighted by Crippen LogP contribution is 2.13. The first-order valence-electron chi connectivity index (χ1n) is 4.63. The number of benzene rings is 1. The monoisotopic (exact) mass is 233 g/mol. The Morgan fingerprint density at radius 3 is 2.41 bits per heavy atom. The first kappa shape index (κ1) is 12.5. The summed E-state index contributed by atoms with van der Waals surface area (Å²) in [6.07, 6.45) is 2.93. The summed E-state index contributed by atoms with van der Waals surface area (Å²) < 4.78 is 0. The number of ketones is 1. The number of para-hydroxylation sites is 1. The van der Waals surface area contributed by atoms with Gasteiger partial charge in [0, 0.05) is 5.56 Å². The number of rotatable bonds is 4. The van der Waals surface area contributed by atoms with Gasteiger partial charge in [-0.3, -0.25) is 4.79 Å². The largest absolute Gasteiger partial charge is 0.872 e. The van der Waals surface area contributed by atoms with E-state index in [0.717, 1.165) is 18.2 Å². The minimum atomic E-state index is -1.49. The van der Waals surface area contributed by atoms with Gasteiger partial charge in [0.25, 0.3) is 0 Å². The second kappa shape index (κ2) is 5.50. The highest BCUT2D eigenvalue weighted by molar-refractivity contribution is 6.06. The van der Waals surface area contributed by atoms with Crippen LogP contribution in [0.15, 0.2) is 48.3 Å². The number of carbonyl (C=O) groups excluding carboxylic acids is 1. The van der Waals surface area contributed by atoms with Crippen molar-refractivity contribution in [3.63, 3.8) is 0 Å². The van der Waals surface area contributed by atoms with Crippen molar-refractivity contribution in [1.82, 2.24) is 0 Å². The molecular weight excluding hydrogens is 224 g/mol. The Morgan fingerprint density at radius 1 is 1.18 bits per heavy atom. The molecule has 17 heavy (non-hydrogen) atoms. The van der Waals surface area contributed by atoms with E-state index in [2.05, 4.69) is 0 Å². The van der Waals surface area contributed by atoms with E-state index in [-0.39, 0.29) is 5.56 Å². The Kier molecular flexibility index (Phi) is 4.05. The van der Waals surface area contributed by atoms with Gasteiger partial charge in [0.15, 0.2) is 5.78 Å². The Balaban J connectivity index is 2.81. The van der Waals surface area contributed by atoms with E-state index in [9.17, 15) is 14.7 Å². The van der Waals surface area contributed by atoms with Crippen LogP contribution in [0.5, 0.6) is 5.75 Å². The Morgan fingerprint density at radius 2 is 1.82 bits per heavy atom. The molecule has 1 aromatic rings. The molecule has 0 heterocycles. The van der Waals surface area contributed by atoms with Gasteiger partial charge in [-0.1, -0.05) is 36.1 Å². The van der Waals surface area contributed by atoms with Crippen LogP contribution >= 0.6 is 0 Å². The average molecular weight is 233 g/mol. The quantitative estimate of drug-likeness (QED) is 0.350. The fourth-order valence-electron chi connectivity index (χ4n) is 1.06. The maximum Gasteiger partial charge on any atom is 0.370 e. The molecule has 5 heteroatoms. The van der Waals surface area contributed by atoms with Crippen molar-refractivity contribution in [2.24, 2.45) is 0 Å². The van der Waals surface area contributed by atoms with Crippen molar-refractivity contribution in [2.75, 3.05) is 0 Å². The van der Waals surface area contributed by atoms with Crippen molar-refractivity contribution < 1.29 is 24.9 Å². The number of carbonyl (C=O) groups is 2. The molecule has 2 N–H and O–H groups in total. The van der Waals surface area contributed by atoms with Crippen LogP contribution < -0.4 is 5.11 Å². The van der Waals surface area contributed by atoms with Crippen molar-refractivity contribution >= 4 is 11.8 Å². The van der Waals surface area contributed by atoms with Gasteiger partial charge in [-0.2, -0.15) is 0 Å². The number of hydrogen-bond donors (Lipinski definition) is 2. The van der Waals surface area contributed by atoms with Crippen molar-refractivity contribution in [2.45, 2.75) is 0 Å². The van der Waals surface area contributed by atoms with E-state index in [1.807, 2.05) is 0 Å². The molecule has 0 amide bonds. The summed E-state index contributed by atoms with van der Waals surface area (Å²) in [5.74, 6) is -3.34. The summed E-state index contributed by atoms with van der Waals surface area (Å²) in [4.78, 5) is 21.7. The summed E-state index contributed by atoms with van der Waals surface area (Å²) in [7, 11) is 0. The van der Waals surface area contributed by atoms with E-state index in [4.69, 9.17) is 10.2 Å². The normalized spacial score (nSPS) is 11.6. The second-order valence-electron chi connectivity index (χ2n) is 3.08. The molecule has 0 unspecified atom stereocenters. The van der Waals surface area contributed by atoms with Gasteiger partial charge in [0.2, 0.25) is 5.76 Å². The van der Waals surface area contributed by atoms with Crippen LogP contribution in [0, 0.1) is 0 Å². The zero-order chi connectivity index (χ0) is 12.8. The standard InChI is InChI=1S/C12H10O5/c13-9-5-2-1-4-8(9)10(14)6-3-7-11(15)12(16)17/h1-7,13,15H,(H,16,17)/p-1/b6-3+,11-7-. The van der Waals surface area contributed by atoms with E-state index < -0.39 is 23.3 Å². The van der Waals surface area contributed by atoms with Crippen LogP contribution in [0.25, 0.3) is 0 Å². The number of hydrogen-bond acceptors (Lipinski definition) is 4. The predicted octanol–water partition coefficient (Wildman–Crippen LogP) is 1.03. The molecule has 88 valence electrons. The lowest BCUT2D eigenvalue weighted by atomic mass is 10.1. The number of aliphatic hydroxyl groups is 1. The maximum absolute atomic E-state index is 11.5. The van der Waals surface area contributed by atoms with Gasteiger partial charge in [0.05, 0.1) is 0 Å². The average Bonchev–Trinajstić information content (AvgIpc) is 2.29. The smallest absolute Gasteiger partial charge is 0.370 e. The zero-order valence-corrected chi connectivity index (χ0v) is 8.66. The summed E-state index contributed by atoms with van der Waals surface area (Å²) in [6.45, 7) is 0. The minimum Gasteiger partial charge on any atom is -0.872 e. The van der Waals surface area contributed by atoms with Crippen LogP contribution in [0.3, 0.4) is 0 Å². The molecule has 0 aliphatic rings. The topological polar surface area (TPSA) is 97.7 Å². The third-order valence-corrected chi connectivity index (χ3v) is 1.87. The lowest BCUT2D eigenvalue weighted by molar-refractivity contribution is -0.268. The van der Waals surface area contributed by atoms with Gasteiger partial charge < -0.3 is 15.3 Å². The molecule has 0 aliphatic carbocycles. The van der Waals surface area contributed by atoms with Gasteiger partial charge in [-0.15, -0.1) is 0 Å². The minimum absolute atomic E-state index is 0.00744. The SMILES string of the molecule is O=C(O)/C(O)=C/C=C/C(=O)c1ccccc1[O-]. The zero-order valence-electron chi connectivity index (χ0n) is 8.66. The second-order valence-corrected chi connectivity index (χ2v) is 3.08. The van der Waals surface area contributed by atoms with Gasteiger partial charge >= 0.3 is 5.97 Å². The number of allylic oxidation sites excluding steroid dienone is 3. The number of aliphatic hydroxyl groups excluding tert-OH is 1. The highest BCUT2D eigenvalue weighted by Gasteiger charge is 2.02. The molecule has 0 bridgehead atoms. The number of carboxylic acid groups (broad SMARTS) is 1. The lowest BCUT2D eigenvalue weighted by Gasteiger charge is -2.08. The van der Waals surface area contributed by atoms with Crippen LogP contribution in [-0.4, -0.2) is 22.0 Å². The maximum atomic E-state index is 11.5. The van der Waals surface area contributed by atoms with Gasteiger partial charge in [-0.05, 0) is 12.2 Å². The number of carboxylic acids is 1. The molecule has 0 fully saturated rings. The van der Waals surface area contributed by atoms with E-state index >= 15 is 0 Å². The molecule has 0 aliphatic heterocycles. The molecule has 1 aromatic carbocycles. The summed E-state index contributed by atoms with van der Waals surface area (Å²) in [6, 6.07) is 5.69. The van der Waals surface area contributed by atoms with Crippen LogP contribution in [0.1, 0.15) is 10.4 Å². The third kappa shape index (κ3) is 3.49. The van der Waals surface area contributed by atoms with Crippen LogP contribution in [0.4, 0.5) is 0 Å². The van der Waals surface area contributed by atoms with Crippen molar-refractivity contribution in [1.29, 1.82) is 0 Å². The molecule has 0 spiro atoms. The first-order chi connectivity index (χ1) is 8.02. The molecule has 5 nitrogen and oxygen atoms in total. The lowest BCUT2D eigenvalue weighted by Crippen LogP contribution is -2.02. The third-order valence-electron chi connectivity index (χ3n) is 1.87. The van der Waals surface area contributed by atoms with Crippen LogP contribution in [-0.2, 0) is 4.79 Å². The van der Waals surface area contributed by atoms with Gasteiger partial charge in [-0.25, -0.2) is 4.79 Å². The van der Waals surface area contributed by atoms with Crippen LogP contribution in [0.2, 0.25) is 0 Å².